The lowest BCUT2D eigenvalue weighted by atomic mass is 10.1. The second-order valence-corrected chi connectivity index (χ2v) is 4.71. The lowest BCUT2D eigenvalue weighted by Gasteiger charge is -2.07. The third-order valence-electron chi connectivity index (χ3n) is 2.21. The van der Waals surface area contributed by atoms with Crippen LogP contribution in [0.1, 0.15) is 5.56 Å². The Morgan fingerprint density at radius 2 is 2.22 bits per heavy atom. The van der Waals surface area contributed by atoms with Gasteiger partial charge in [0, 0.05) is 24.2 Å². The van der Waals surface area contributed by atoms with E-state index in [1.54, 1.807) is 24.5 Å². The zero-order valence-corrected chi connectivity index (χ0v) is 10.3. The van der Waals surface area contributed by atoms with Gasteiger partial charge < -0.3 is 5.73 Å². The zero-order chi connectivity index (χ0) is 13.1. The monoisotopic (exact) mass is 259 g/mol. The first-order valence-electron chi connectivity index (χ1n) is 4.95. The molecular formula is C11H9N5OS. The van der Waals surface area contributed by atoms with Crippen molar-refractivity contribution in [3.63, 3.8) is 0 Å². The topological polar surface area (TPSA) is 106 Å². The molecule has 0 spiro atoms. The van der Waals surface area contributed by atoms with Crippen molar-refractivity contribution in [2.75, 3.05) is 12.0 Å². The number of aromatic nitrogens is 3. The van der Waals surface area contributed by atoms with Crippen LogP contribution in [0.4, 0.5) is 5.95 Å². The summed E-state index contributed by atoms with van der Waals surface area (Å²) in [6, 6.07) is 5.44. The molecule has 2 aromatic rings. The minimum absolute atomic E-state index is 0.0157. The van der Waals surface area contributed by atoms with E-state index in [1.165, 1.54) is 6.26 Å². The Labute approximate surface area is 106 Å². The van der Waals surface area contributed by atoms with Crippen molar-refractivity contribution < 1.29 is 4.21 Å². The van der Waals surface area contributed by atoms with Crippen LogP contribution in [0.2, 0.25) is 0 Å². The molecule has 1 unspecified atom stereocenters. The molecule has 2 heterocycles. The maximum atomic E-state index is 11.6. The van der Waals surface area contributed by atoms with Crippen LogP contribution in [0.25, 0.3) is 11.3 Å². The van der Waals surface area contributed by atoms with Crippen molar-refractivity contribution in [1.29, 1.82) is 5.26 Å². The van der Waals surface area contributed by atoms with Crippen LogP contribution < -0.4 is 5.73 Å². The highest BCUT2D eigenvalue weighted by Crippen LogP contribution is 2.24. The molecule has 0 saturated carbocycles. The molecule has 18 heavy (non-hydrogen) atoms. The van der Waals surface area contributed by atoms with Crippen molar-refractivity contribution in [2.24, 2.45) is 0 Å². The van der Waals surface area contributed by atoms with Gasteiger partial charge in [-0.2, -0.15) is 5.26 Å². The molecule has 0 saturated heterocycles. The van der Waals surface area contributed by atoms with E-state index < -0.39 is 10.8 Å². The number of rotatable bonds is 2. The summed E-state index contributed by atoms with van der Waals surface area (Å²) in [4.78, 5) is 11.8. The Hall–Kier alpha value is -2.33. The summed E-state index contributed by atoms with van der Waals surface area (Å²) < 4.78 is 11.6. The average Bonchev–Trinajstić information content (AvgIpc) is 2.38. The Kier molecular flexibility index (Phi) is 3.30. The number of pyridine rings is 1. The van der Waals surface area contributed by atoms with Crippen LogP contribution in [-0.4, -0.2) is 25.4 Å². The van der Waals surface area contributed by atoms with E-state index in [9.17, 15) is 9.47 Å². The van der Waals surface area contributed by atoms with Gasteiger partial charge in [-0.05, 0) is 12.1 Å². The minimum Gasteiger partial charge on any atom is -0.368 e. The predicted molar refractivity (Wildman–Crippen MR) is 66.7 cm³/mol. The number of nitrogens with zero attached hydrogens (tertiary/aromatic N) is 4. The van der Waals surface area contributed by atoms with Gasteiger partial charge in [-0.3, -0.25) is 9.19 Å². The van der Waals surface area contributed by atoms with E-state index in [0.717, 1.165) is 0 Å². The fourth-order valence-corrected chi connectivity index (χ4v) is 2.13. The number of anilines is 1. The molecule has 7 heteroatoms. The molecule has 2 rings (SSSR count). The molecular weight excluding hydrogens is 250 g/mol. The Balaban J connectivity index is 2.76. The molecule has 0 bridgehead atoms. The van der Waals surface area contributed by atoms with E-state index in [1.807, 2.05) is 6.07 Å². The smallest absolute Gasteiger partial charge is 0.221 e. The Bertz CT molecular complexity index is 650. The quantitative estimate of drug-likeness (QED) is 0.797. The lowest BCUT2D eigenvalue weighted by Crippen LogP contribution is -2.06. The van der Waals surface area contributed by atoms with Crippen molar-refractivity contribution in [2.45, 2.75) is 5.03 Å². The number of nitriles is 1. The fourth-order valence-electron chi connectivity index (χ4n) is 1.48. The van der Waals surface area contributed by atoms with Crippen LogP contribution >= 0.6 is 0 Å². The van der Waals surface area contributed by atoms with Crippen molar-refractivity contribution in [3.8, 4) is 17.3 Å². The summed E-state index contributed by atoms with van der Waals surface area (Å²) in [6.07, 6.45) is 4.61. The van der Waals surface area contributed by atoms with Crippen LogP contribution in [0.3, 0.4) is 0 Å². The molecule has 0 radical (unpaired) electrons. The Morgan fingerprint density at radius 3 is 2.78 bits per heavy atom. The molecule has 0 aliphatic rings. The van der Waals surface area contributed by atoms with Gasteiger partial charge in [-0.25, -0.2) is 9.97 Å². The summed E-state index contributed by atoms with van der Waals surface area (Å²) in [6.45, 7) is 0. The highest BCUT2D eigenvalue weighted by Gasteiger charge is 2.17. The fraction of sp³-hybridized carbons (Fsp3) is 0.0909. The molecule has 2 aromatic heterocycles. The molecule has 1 atom stereocenters. The third kappa shape index (κ3) is 2.19. The Morgan fingerprint density at radius 1 is 1.44 bits per heavy atom. The summed E-state index contributed by atoms with van der Waals surface area (Å²) in [5.74, 6) is -0.0157. The standard InChI is InChI=1S/C11H9N5OS/c1-18(17)10-8(5-12)9(15-11(13)16-10)7-3-2-4-14-6-7/h2-4,6H,1H3,(H2,13,15,16). The second kappa shape index (κ2) is 4.89. The van der Waals surface area contributed by atoms with Crippen molar-refractivity contribution >= 4 is 16.7 Å². The lowest BCUT2D eigenvalue weighted by molar-refractivity contribution is 0.683. The number of hydrogen-bond donors (Lipinski definition) is 1. The molecule has 90 valence electrons. The molecule has 6 nitrogen and oxygen atoms in total. The minimum atomic E-state index is -1.41. The number of nitrogens with two attached hydrogens (primary N) is 1. The third-order valence-corrected chi connectivity index (χ3v) is 3.05. The van der Waals surface area contributed by atoms with E-state index in [-0.39, 0.29) is 16.5 Å². The first kappa shape index (κ1) is 12.1. The van der Waals surface area contributed by atoms with E-state index in [4.69, 9.17) is 5.73 Å². The summed E-state index contributed by atoms with van der Waals surface area (Å²) >= 11 is 0. The normalized spacial score (nSPS) is 11.8. The molecule has 0 aromatic carbocycles. The van der Waals surface area contributed by atoms with Gasteiger partial charge >= 0.3 is 0 Å². The largest absolute Gasteiger partial charge is 0.368 e. The van der Waals surface area contributed by atoms with Crippen LogP contribution in [0.5, 0.6) is 0 Å². The van der Waals surface area contributed by atoms with E-state index in [0.29, 0.717) is 11.3 Å². The van der Waals surface area contributed by atoms with Gasteiger partial charge in [-0.1, -0.05) is 0 Å². The second-order valence-electron chi connectivity index (χ2n) is 3.42. The summed E-state index contributed by atoms with van der Waals surface area (Å²) in [5, 5.41) is 9.32. The number of nitrogen functional groups attached to an aromatic ring is 1. The van der Waals surface area contributed by atoms with E-state index >= 15 is 0 Å². The first-order chi connectivity index (χ1) is 8.63. The highest BCUT2D eigenvalue weighted by atomic mass is 32.2. The van der Waals surface area contributed by atoms with Crippen LogP contribution in [-0.2, 0) is 10.8 Å². The van der Waals surface area contributed by atoms with Crippen LogP contribution in [0, 0.1) is 11.3 Å². The summed E-state index contributed by atoms with van der Waals surface area (Å²) in [7, 11) is -1.41. The molecule has 0 fully saturated rings. The zero-order valence-electron chi connectivity index (χ0n) is 9.49. The molecule has 2 N–H and O–H groups in total. The maximum Gasteiger partial charge on any atom is 0.221 e. The summed E-state index contributed by atoms with van der Waals surface area (Å²) in [5.41, 5.74) is 6.72. The van der Waals surface area contributed by atoms with Gasteiger partial charge in [0.05, 0.1) is 16.5 Å². The van der Waals surface area contributed by atoms with Crippen LogP contribution in [0.15, 0.2) is 29.6 Å². The van der Waals surface area contributed by atoms with E-state index in [2.05, 4.69) is 15.0 Å². The SMILES string of the molecule is CS(=O)c1nc(N)nc(-c2cccnc2)c1C#N. The van der Waals surface area contributed by atoms with Gasteiger partial charge in [-0.15, -0.1) is 0 Å². The molecule has 0 amide bonds. The molecule has 0 aliphatic heterocycles. The average molecular weight is 259 g/mol. The first-order valence-corrected chi connectivity index (χ1v) is 6.50. The van der Waals surface area contributed by atoms with Gasteiger partial charge in [0.1, 0.15) is 11.6 Å². The van der Waals surface area contributed by atoms with Gasteiger partial charge in [0.15, 0.2) is 5.03 Å². The number of hydrogen-bond acceptors (Lipinski definition) is 6. The molecule has 0 aliphatic carbocycles. The maximum absolute atomic E-state index is 11.6. The van der Waals surface area contributed by atoms with Gasteiger partial charge in [0.25, 0.3) is 0 Å². The van der Waals surface area contributed by atoms with Crippen molar-refractivity contribution in [1.82, 2.24) is 15.0 Å². The van der Waals surface area contributed by atoms with Gasteiger partial charge in [0.2, 0.25) is 5.95 Å². The predicted octanol–water partition coefficient (Wildman–Crippen LogP) is 0.730. The van der Waals surface area contributed by atoms with Crippen molar-refractivity contribution in [3.05, 3.63) is 30.1 Å². The highest BCUT2D eigenvalue weighted by molar-refractivity contribution is 7.84.